The highest BCUT2D eigenvalue weighted by Gasteiger charge is 2.44. The molecule has 1 aromatic rings. The van der Waals surface area contributed by atoms with Crippen molar-refractivity contribution in [2.24, 2.45) is 0 Å². The summed E-state index contributed by atoms with van der Waals surface area (Å²) in [5.74, 6) is 0.835. The molecule has 2 saturated heterocycles. The van der Waals surface area contributed by atoms with Gasteiger partial charge in [0.05, 0.1) is 0 Å². The summed E-state index contributed by atoms with van der Waals surface area (Å²) in [7, 11) is 2.01. The largest absolute Gasteiger partial charge is 0.465 e. The Balaban J connectivity index is 1.74. The minimum atomic E-state index is -0.776. The van der Waals surface area contributed by atoms with Crippen LogP contribution in [-0.2, 0) is 0 Å². The number of aromatic nitrogens is 2. The monoisotopic (exact) mass is 340 g/mol. The van der Waals surface area contributed by atoms with E-state index in [-0.39, 0.29) is 12.1 Å². The van der Waals surface area contributed by atoms with E-state index in [0.717, 1.165) is 36.1 Å². The van der Waals surface area contributed by atoms with E-state index in [9.17, 15) is 9.90 Å². The maximum Gasteiger partial charge on any atom is 0.407 e. The molecule has 3 heterocycles. The van der Waals surface area contributed by atoms with Crippen LogP contribution in [0, 0.1) is 0 Å². The van der Waals surface area contributed by atoms with Crippen molar-refractivity contribution in [3.05, 3.63) is 16.7 Å². The summed E-state index contributed by atoms with van der Waals surface area (Å²) in [6, 6.07) is 4.45. The fourth-order valence-corrected chi connectivity index (χ4v) is 3.67. The molecule has 0 aromatic carbocycles. The van der Waals surface area contributed by atoms with Crippen molar-refractivity contribution in [2.75, 3.05) is 11.9 Å². The molecule has 2 fully saturated rings. The van der Waals surface area contributed by atoms with Gasteiger partial charge in [0, 0.05) is 25.2 Å². The highest BCUT2D eigenvalue weighted by Crippen LogP contribution is 2.38. The van der Waals surface area contributed by atoms with Gasteiger partial charge in [-0.2, -0.15) is 0 Å². The van der Waals surface area contributed by atoms with E-state index in [1.165, 1.54) is 0 Å². The molecule has 6 nitrogen and oxygen atoms in total. The van der Waals surface area contributed by atoms with Crippen LogP contribution in [-0.4, -0.2) is 51.5 Å². The van der Waals surface area contributed by atoms with Crippen molar-refractivity contribution >= 4 is 27.8 Å². The second kappa shape index (κ2) is 5.20. The molecule has 2 unspecified atom stereocenters. The van der Waals surface area contributed by atoms with Crippen molar-refractivity contribution in [1.29, 1.82) is 0 Å². The molecule has 2 aliphatic rings. The fraction of sp³-hybridized carbons (Fsp3) is 0.615. The first-order valence-electron chi connectivity index (χ1n) is 6.79. The third kappa shape index (κ3) is 2.34. The van der Waals surface area contributed by atoms with Crippen LogP contribution in [0.1, 0.15) is 25.7 Å². The summed E-state index contributed by atoms with van der Waals surface area (Å²) in [6.07, 6.45) is 2.93. The maximum atomic E-state index is 11.3. The molecule has 0 saturated carbocycles. The number of fused-ring (bicyclic) bond motifs is 2. The van der Waals surface area contributed by atoms with Gasteiger partial charge in [-0.25, -0.2) is 4.79 Å². The predicted molar refractivity (Wildman–Crippen MR) is 77.8 cm³/mol. The molecule has 20 heavy (non-hydrogen) atoms. The van der Waals surface area contributed by atoms with Gasteiger partial charge in [0.15, 0.2) is 5.82 Å². The van der Waals surface area contributed by atoms with Crippen LogP contribution >= 0.6 is 15.9 Å². The maximum absolute atomic E-state index is 11.3. The van der Waals surface area contributed by atoms with E-state index in [0.29, 0.717) is 6.04 Å². The Labute approximate surface area is 125 Å². The zero-order valence-corrected chi connectivity index (χ0v) is 12.8. The Bertz CT molecular complexity index is 496. The van der Waals surface area contributed by atoms with E-state index in [2.05, 4.69) is 31.0 Å². The average molecular weight is 341 g/mol. The standard InChI is InChI=1S/C13H17BrN4O2/c1-17(12-5-4-11(14)15-16-12)10-6-8-2-3-9(7-10)18(8)13(19)20/h4-5,8-10H,2-3,6-7H2,1H3,(H,19,20). The molecule has 0 radical (unpaired) electrons. The fourth-order valence-electron chi connectivity index (χ4n) is 3.46. The smallest absolute Gasteiger partial charge is 0.407 e. The van der Waals surface area contributed by atoms with Crippen LogP contribution in [0.25, 0.3) is 0 Å². The minimum absolute atomic E-state index is 0.155. The molecule has 2 aliphatic heterocycles. The summed E-state index contributed by atoms with van der Waals surface area (Å²) >= 11 is 3.28. The van der Waals surface area contributed by atoms with E-state index >= 15 is 0 Å². The number of hydrogen-bond donors (Lipinski definition) is 1. The summed E-state index contributed by atoms with van der Waals surface area (Å²) in [4.78, 5) is 15.1. The zero-order valence-electron chi connectivity index (χ0n) is 11.2. The summed E-state index contributed by atoms with van der Waals surface area (Å²) < 4.78 is 0.718. The summed E-state index contributed by atoms with van der Waals surface area (Å²) in [5, 5.41) is 17.5. The number of anilines is 1. The third-order valence-electron chi connectivity index (χ3n) is 4.46. The van der Waals surface area contributed by atoms with Gasteiger partial charge in [-0.15, -0.1) is 10.2 Å². The third-order valence-corrected chi connectivity index (χ3v) is 4.88. The molecule has 1 N–H and O–H groups in total. The van der Waals surface area contributed by atoms with E-state index < -0.39 is 6.09 Å². The lowest BCUT2D eigenvalue weighted by molar-refractivity contribution is 0.0965. The van der Waals surface area contributed by atoms with Crippen LogP contribution in [0.15, 0.2) is 16.7 Å². The number of hydrogen-bond acceptors (Lipinski definition) is 4. The van der Waals surface area contributed by atoms with Gasteiger partial charge in [-0.05, 0) is 53.7 Å². The number of rotatable bonds is 2. The van der Waals surface area contributed by atoms with Gasteiger partial charge in [0.2, 0.25) is 0 Å². The second-order valence-corrected chi connectivity index (χ2v) is 6.34. The van der Waals surface area contributed by atoms with Crippen molar-refractivity contribution in [2.45, 2.75) is 43.8 Å². The first-order valence-corrected chi connectivity index (χ1v) is 7.59. The zero-order chi connectivity index (χ0) is 14.3. The molecule has 108 valence electrons. The summed E-state index contributed by atoms with van der Waals surface area (Å²) in [6.45, 7) is 0. The lowest BCUT2D eigenvalue weighted by atomic mass is 9.96. The Hall–Kier alpha value is -1.37. The van der Waals surface area contributed by atoms with E-state index in [4.69, 9.17) is 0 Å². The Kier molecular flexibility index (Phi) is 3.54. The molecule has 3 rings (SSSR count). The highest BCUT2D eigenvalue weighted by molar-refractivity contribution is 9.10. The molecular weight excluding hydrogens is 324 g/mol. The first-order chi connectivity index (χ1) is 9.56. The molecular formula is C13H17BrN4O2. The Morgan fingerprint density at radius 2 is 2.00 bits per heavy atom. The molecule has 0 aliphatic carbocycles. The number of carboxylic acid groups (broad SMARTS) is 1. The lowest BCUT2D eigenvalue weighted by Crippen LogP contribution is -2.51. The van der Waals surface area contributed by atoms with E-state index in [1.807, 2.05) is 19.2 Å². The topological polar surface area (TPSA) is 69.6 Å². The van der Waals surface area contributed by atoms with Gasteiger partial charge in [0.1, 0.15) is 4.60 Å². The van der Waals surface area contributed by atoms with Crippen LogP contribution in [0.3, 0.4) is 0 Å². The van der Waals surface area contributed by atoms with Gasteiger partial charge < -0.3 is 14.9 Å². The first kappa shape index (κ1) is 13.6. The number of halogens is 1. The van der Waals surface area contributed by atoms with Gasteiger partial charge in [0.25, 0.3) is 0 Å². The van der Waals surface area contributed by atoms with Crippen LogP contribution < -0.4 is 4.90 Å². The molecule has 2 atom stereocenters. The lowest BCUT2D eigenvalue weighted by Gasteiger charge is -2.41. The second-order valence-electron chi connectivity index (χ2n) is 5.53. The van der Waals surface area contributed by atoms with Crippen LogP contribution in [0.5, 0.6) is 0 Å². The SMILES string of the molecule is CN(c1ccc(Br)nn1)C1CC2CCC(C1)N2C(=O)O. The van der Waals surface area contributed by atoms with Crippen LogP contribution in [0.4, 0.5) is 10.6 Å². The van der Waals surface area contributed by atoms with Gasteiger partial charge in [-0.3, -0.25) is 0 Å². The minimum Gasteiger partial charge on any atom is -0.465 e. The molecule has 7 heteroatoms. The van der Waals surface area contributed by atoms with E-state index in [1.54, 1.807) is 4.90 Å². The number of nitrogens with zero attached hydrogens (tertiary/aromatic N) is 4. The molecule has 1 aromatic heterocycles. The van der Waals surface area contributed by atoms with Crippen molar-refractivity contribution in [3.8, 4) is 0 Å². The van der Waals surface area contributed by atoms with Crippen LogP contribution in [0.2, 0.25) is 0 Å². The molecule has 1 amide bonds. The number of carbonyl (C=O) groups is 1. The van der Waals surface area contributed by atoms with Gasteiger partial charge >= 0.3 is 6.09 Å². The highest BCUT2D eigenvalue weighted by atomic mass is 79.9. The average Bonchev–Trinajstić information content (AvgIpc) is 2.70. The van der Waals surface area contributed by atoms with Gasteiger partial charge in [-0.1, -0.05) is 0 Å². The quantitative estimate of drug-likeness (QED) is 0.894. The number of amides is 1. The normalized spacial score (nSPS) is 28.5. The van der Waals surface area contributed by atoms with Crippen molar-refractivity contribution in [3.63, 3.8) is 0 Å². The predicted octanol–water partition coefficient (Wildman–Crippen LogP) is 2.35. The Morgan fingerprint density at radius 1 is 1.35 bits per heavy atom. The van der Waals surface area contributed by atoms with Crippen molar-refractivity contribution < 1.29 is 9.90 Å². The molecule has 2 bridgehead atoms. The molecule has 0 spiro atoms. The summed E-state index contributed by atoms with van der Waals surface area (Å²) in [5.41, 5.74) is 0. The number of piperidine rings is 1. The van der Waals surface area contributed by atoms with Crippen molar-refractivity contribution in [1.82, 2.24) is 15.1 Å². The Morgan fingerprint density at radius 3 is 2.50 bits per heavy atom.